The van der Waals surface area contributed by atoms with E-state index in [9.17, 15) is 0 Å². The summed E-state index contributed by atoms with van der Waals surface area (Å²) in [4.78, 5) is 2.46. The molecule has 0 aliphatic heterocycles. The van der Waals surface area contributed by atoms with Crippen LogP contribution in [0.2, 0.25) is 0 Å². The highest BCUT2D eigenvalue weighted by atomic mass is 15.2. The van der Waals surface area contributed by atoms with Crippen LogP contribution >= 0.6 is 0 Å². The van der Waals surface area contributed by atoms with Gasteiger partial charge >= 0.3 is 0 Å². The summed E-state index contributed by atoms with van der Waals surface area (Å²) in [6.45, 7) is 5.70. The number of aromatic nitrogens is 2. The number of hydrogen-bond donors (Lipinski definition) is 1. The van der Waals surface area contributed by atoms with E-state index in [1.54, 1.807) is 0 Å². The van der Waals surface area contributed by atoms with E-state index >= 15 is 0 Å². The molecular weight excluding hydrogens is 248 g/mol. The molecule has 0 aromatic carbocycles. The minimum atomic E-state index is 0.457. The van der Waals surface area contributed by atoms with Gasteiger partial charge in [-0.3, -0.25) is 4.68 Å². The number of aryl methyl sites for hydroxylation is 1. The molecule has 4 nitrogen and oxygen atoms in total. The summed E-state index contributed by atoms with van der Waals surface area (Å²) in [6, 6.07) is 0. The topological polar surface area (TPSA) is 33.1 Å². The number of rotatable bonds is 6. The Hall–Kier alpha value is -0.870. The molecule has 1 N–H and O–H groups in total. The standard InChI is InChI=1S/C16H30N4/c1-14-5-7-16(8-6-14,12-17-2)13-19(3)10-15-9-18-20(4)11-15/h9,11,14,17H,5-8,10,12-13H2,1-4H3. The van der Waals surface area contributed by atoms with Crippen LogP contribution in [0.1, 0.15) is 38.2 Å². The Bertz CT molecular complexity index is 404. The summed E-state index contributed by atoms with van der Waals surface area (Å²) < 4.78 is 1.88. The van der Waals surface area contributed by atoms with Crippen LogP contribution in [0.15, 0.2) is 12.4 Å². The highest BCUT2D eigenvalue weighted by Crippen LogP contribution is 2.39. The molecule has 20 heavy (non-hydrogen) atoms. The van der Waals surface area contributed by atoms with E-state index in [0.717, 1.165) is 19.0 Å². The van der Waals surface area contributed by atoms with Gasteiger partial charge in [0.25, 0.3) is 0 Å². The Morgan fingerprint density at radius 1 is 1.45 bits per heavy atom. The van der Waals surface area contributed by atoms with Crippen LogP contribution in [-0.2, 0) is 13.6 Å². The summed E-state index contributed by atoms with van der Waals surface area (Å²) in [7, 11) is 6.30. The van der Waals surface area contributed by atoms with E-state index in [1.165, 1.54) is 37.8 Å². The quantitative estimate of drug-likeness (QED) is 0.866. The van der Waals surface area contributed by atoms with E-state index in [1.807, 2.05) is 17.9 Å². The van der Waals surface area contributed by atoms with Crippen LogP contribution in [0.4, 0.5) is 0 Å². The van der Waals surface area contributed by atoms with Crippen molar-refractivity contribution in [3.63, 3.8) is 0 Å². The summed E-state index contributed by atoms with van der Waals surface area (Å²) >= 11 is 0. The van der Waals surface area contributed by atoms with Crippen molar-refractivity contribution in [2.75, 3.05) is 27.2 Å². The molecule has 1 fully saturated rings. The van der Waals surface area contributed by atoms with Crippen molar-refractivity contribution in [3.05, 3.63) is 18.0 Å². The molecule has 1 aromatic rings. The van der Waals surface area contributed by atoms with Crippen LogP contribution in [0, 0.1) is 11.3 Å². The number of nitrogens with zero attached hydrogens (tertiary/aromatic N) is 3. The second kappa shape index (κ2) is 6.72. The lowest BCUT2D eigenvalue weighted by Gasteiger charge is -2.42. The molecule has 0 saturated heterocycles. The monoisotopic (exact) mass is 278 g/mol. The van der Waals surface area contributed by atoms with Gasteiger partial charge in [-0.15, -0.1) is 0 Å². The van der Waals surface area contributed by atoms with Gasteiger partial charge in [0.1, 0.15) is 0 Å². The van der Waals surface area contributed by atoms with Crippen molar-refractivity contribution in [3.8, 4) is 0 Å². The smallest absolute Gasteiger partial charge is 0.0534 e. The first-order valence-electron chi connectivity index (χ1n) is 7.84. The molecule has 1 saturated carbocycles. The van der Waals surface area contributed by atoms with Gasteiger partial charge < -0.3 is 10.2 Å². The maximum Gasteiger partial charge on any atom is 0.0534 e. The first-order valence-corrected chi connectivity index (χ1v) is 7.84. The van der Waals surface area contributed by atoms with E-state index < -0.39 is 0 Å². The van der Waals surface area contributed by atoms with Crippen LogP contribution in [0.25, 0.3) is 0 Å². The first-order chi connectivity index (χ1) is 9.53. The third kappa shape index (κ3) is 4.06. The fraction of sp³-hybridized carbons (Fsp3) is 0.812. The summed E-state index contributed by atoms with van der Waals surface area (Å²) in [5.41, 5.74) is 1.76. The van der Waals surface area contributed by atoms with Gasteiger partial charge in [-0.2, -0.15) is 5.10 Å². The maximum atomic E-state index is 4.26. The van der Waals surface area contributed by atoms with Gasteiger partial charge in [0, 0.05) is 38.4 Å². The van der Waals surface area contributed by atoms with Crippen LogP contribution in [0.5, 0.6) is 0 Å². The highest BCUT2D eigenvalue weighted by molar-refractivity contribution is 5.03. The average Bonchev–Trinajstić information content (AvgIpc) is 2.79. The zero-order chi connectivity index (χ0) is 14.6. The summed E-state index contributed by atoms with van der Waals surface area (Å²) in [5, 5.41) is 7.68. The molecular formula is C16H30N4. The van der Waals surface area contributed by atoms with Crippen LogP contribution in [0.3, 0.4) is 0 Å². The molecule has 0 unspecified atom stereocenters. The summed E-state index contributed by atoms with van der Waals surface area (Å²) in [6.07, 6.45) is 9.55. The Morgan fingerprint density at radius 2 is 2.15 bits per heavy atom. The van der Waals surface area contributed by atoms with Crippen molar-refractivity contribution in [1.29, 1.82) is 0 Å². The summed E-state index contributed by atoms with van der Waals surface area (Å²) in [5.74, 6) is 0.906. The zero-order valence-electron chi connectivity index (χ0n) is 13.5. The van der Waals surface area contributed by atoms with Gasteiger partial charge in [0.05, 0.1) is 6.20 Å². The fourth-order valence-corrected chi connectivity index (χ4v) is 3.63. The highest BCUT2D eigenvalue weighted by Gasteiger charge is 2.34. The lowest BCUT2D eigenvalue weighted by molar-refractivity contribution is 0.0979. The van der Waals surface area contributed by atoms with Gasteiger partial charge in [0.2, 0.25) is 0 Å². The molecule has 1 aliphatic rings. The van der Waals surface area contributed by atoms with Crippen LogP contribution in [-0.4, -0.2) is 41.9 Å². The third-order valence-electron chi connectivity index (χ3n) is 4.70. The maximum absolute atomic E-state index is 4.26. The zero-order valence-corrected chi connectivity index (χ0v) is 13.5. The minimum absolute atomic E-state index is 0.457. The second-order valence-electron chi connectivity index (χ2n) is 6.91. The Morgan fingerprint density at radius 3 is 2.70 bits per heavy atom. The van der Waals surface area contributed by atoms with E-state index in [2.05, 4.69) is 42.5 Å². The molecule has 4 heteroatoms. The van der Waals surface area contributed by atoms with Gasteiger partial charge in [-0.1, -0.05) is 19.8 Å². The number of nitrogens with one attached hydrogen (secondary N) is 1. The lowest BCUT2D eigenvalue weighted by atomic mass is 9.70. The largest absolute Gasteiger partial charge is 0.319 e. The van der Waals surface area contributed by atoms with Crippen molar-refractivity contribution in [2.45, 2.75) is 39.2 Å². The van der Waals surface area contributed by atoms with Crippen LogP contribution < -0.4 is 5.32 Å². The van der Waals surface area contributed by atoms with Crippen molar-refractivity contribution in [1.82, 2.24) is 20.0 Å². The Labute approximate surface area is 123 Å². The van der Waals surface area contributed by atoms with E-state index in [4.69, 9.17) is 0 Å². The van der Waals surface area contributed by atoms with Gasteiger partial charge in [0.15, 0.2) is 0 Å². The van der Waals surface area contributed by atoms with E-state index in [-0.39, 0.29) is 0 Å². The predicted octanol–water partition coefficient (Wildman–Crippen LogP) is 2.27. The van der Waals surface area contributed by atoms with Gasteiger partial charge in [-0.25, -0.2) is 0 Å². The van der Waals surface area contributed by atoms with Crippen molar-refractivity contribution in [2.24, 2.45) is 18.4 Å². The molecule has 0 spiro atoms. The molecule has 114 valence electrons. The SMILES string of the molecule is CNCC1(CN(C)Cc2cnn(C)c2)CCC(C)CC1. The molecule has 0 atom stereocenters. The first kappa shape index (κ1) is 15.5. The Balaban J connectivity index is 1.93. The lowest BCUT2D eigenvalue weighted by Crippen LogP contribution is -2.44. The molecule has 1 aromatic heterocycles. The average molecular weight is 278 g/mol. The van der Waals surface area contributed by atoms with E-state index in [0.29, 0.717) is 5.41 Å². The molecule has 0 radical (unpaired) electrons. The molecule has 1 heterocycles. The normalized spacial score (nSPS) is 27.1. The Kier molecular flexibility index (Phi) is 5.22. The predicted molar refractivity (Wildman–Crippen MR) is 83.5 cm³/mol. The van der Waals surface area contributed by atoms with Crippen molar-refractivity contribution >= 4 is 0 Å². The molecule has 1 aliphatic carbocycles. The minimum Gasteiger partial charge on any atom is -0.319 e. The number of hydrogen-bond acceptors (Lipinski definition) is 3. The molecule has 2 rings (SSSR count). The third-order valence-corrected chi connectivity index (χ3v) is 4.70. The molecule has 0 bridgehead atoms. The van der Waals surface area contributed by atoms with Crippen molar-refractivity contribution < 1.29 is 0 Å². The fourth-order valence-electron chi connectivity index (χ4n) is 3.63. The van der Waals surface area contributed by atoms with Gasteiger partial charge in [-0.05, 0) is 38.3 Å². The molecule has 0 amide bonds. The second-order valence-corrected chi connectivity index (χ2v) is 6.91.